The zero-order chi connectivity index (χ0) is 35.8. The zero-order valence-corrected chi connectivity index (χ0v) is 29.1. The Balaban J connectivity index is 1.30. The highest BCUT2D eigenvalue weighted by Gasteiger charge is 2.29. The number of nitrogens with zero attached hydrogens (tertiary/aromatic N) is 7. The minimum Gasteiger partial charge on any atom is -0.478 e. The van der Waals surface area contributed by atoms with Crippen molar-refractivity contribution in [3.05, 3.63) is 41.7 Å². The number of hydrogen-bond acceptors (Lipinski definition) is 13. The number of piperazine rings is 2. The molecular weight excluding hydrogens is 636 g/mol. The summed E-state index contributed by atoms with van der Waals surface area (Å²) < 4.78 is 10.8. The van der Waals surface area contributed by atoms with Gasteiger partial charge in [-0.2, -0.15) is 0 Å². The highest BCUT2D eigenvalue weighted by atomic mass is 16.6. The van der Waals surface area contributed by atoms with E-state index in [4.69, 9.17) is 14.6 Å². The van der Waals surface area contributed by atoms with Crippen LogP contribution in [0.2, 0.25) is 0 Å². The molecule has 1 unspecified atom stereocenters. The number of carbonyl (C=O) groups excluding carboxylic acids is 3. The van der Waals surface area contributed by atoms with Crippen molar-refractivity contribution in [1.82, 2.24) is 45.7 Å². The molecule has 0 radical (unpaired) electrons. The van der Waals surface area contributed by atoms with Crippen LogP contribution in [0, 0.1) is 0 Å². The maximum absolute atomic E-state index is 13.2. The van der Waals surface area contributed by atoms with Gasteiger partial charge < -0.3 is 29.7 Å². The van der Waals surface area contributed by atoms with Gasteiger partial charge in [-0.1, -0.05) is 0 Å². The van der Waals surface area contributed by atoms with E-state index in [1.165, 1.54) is 18.6 Å². The number of anilines is 1. The summed E-state index contributed by atoms with van der Waals surface area (Å²) in [5.41, 5.74) is -1.15. The van der Waals surface area contributed by atoms with Gasteiger partial charge >= 0.3 is 18.2 Å². The third-order valence-electron chi connectivity index (χ3n) is 7.56. The lowest BCUT2D eigenvalue weighted by Gasteiger charge is -2.35. The molecule has 4 rings (SSSR count). The predicted molar refractivity (Wildman–Crippen MR) is 178 cm³/mol. The Bertz CT molecular complexity index is 1420. The summed E-state index contributed by atoms with van der Waals surface area (Å²) in [6.45, 7) is 15.6. The van der Waals surface area contributed by atoms with E-state index in [1.807, 2.05) is 9.80 Å². The highest BCUT2D eigenvalue weighted by molar-refractivity contribution is 5.86. The fourth-order valence-electron chi connectivity index (χ4n) is 5.28. The van der Waals surface area contributed by atoms with Crippen molar-refractivity contribution in [2.24, 2.45) is 0 Å². The number of rotatable bonds is 10. The quantitative estimate of drug-likeness (QED) is 0.265. The van der Waals surface area contributed by atoms with Crippen LogP contribution in [0.25, 0.3) is 0 Å². The van der Waals surface area contributed by atoms with E-state index in [9.17, 15) is 19.2 Å². The molecule has 268 valence electrons. The number of ether oxygens (including phenoxy) is 2. The predicted octanol–water partition coefficient (Wildman–Crippen LogP) is 2.09. The lowest BCUT2D eigenvalue weighted by Crippen LogP contribution is -2.49. The Kier molecular flexibility index (Phi) is 12.3. The molecule has 1 atom stereocenters. The van der Waals surface area contributed by atoms with E-state index in [0.717, 1.165) is 19.6 Å². The third kappa shape index (κ3) is 11.8. The largest absolute Gasteiger partial charge is 0.478 e. The monoisotopic (exact) mass is 684 g/mol. The van der Waals surface area contributed by atoms with Crippen LogP contribution in [0.4, 0.5) is 15.5 Å². The molecule has 2 saturated heterocycles. The van der Waals surface area contributed by atoms with Crippen molar-refractivity contribution >= 4 is 30.0 Å². The second-order valence-corrected chi connectivity index (χ2v) is 13.9. The van der Waals surface area contributed by atoms with Gasteiger partial charge in [-0.25, -0.2) is 34.3 Å². The Morgan fingerprint density at radius 2 is 1.55 bits per heavy atom. The summed E-state index contributed by atoms with van der Waals surface area (Å²) in [7, 11) is 0. The number of carbonyl (C=O) groups is 4. The molecule has 4 heterocycles. The van der Waals surface area contributed by atoms with E-state index < -0.39 is 35.5 Å². The van der Waals surface area contributed by atoms with Crippen LogP contribution in [0.5, 0.6) is 0 Å². The maximum Gasteiger partial charge on any atom is 0.409 e. The number of aromatic carboxylic acids is 1. The van der Waals surface area contributed by atoms with Gasteiger partial charge in [0.1, 0.15) is 17.0 Å². The first-order chi connectivity index (χ1) is 23.1. The molecule has 2 fully saturated rings. The molecule has 17 heteroatoms. The minimum atomic E-state index is -1.07. The Hall–Kier alpha value is -4.64. The number of aromatic nitrogens is 4. The average molecular weight is 685 g/mol. The van der Waals surface area contributed by atoms with Crippen molar-refractivity contribution in [1.29, 1.82) is 0 Å². The standard InChI is InChI=1S/C32H48N10O7/c1-31(2,3)48-29(46)38-26(39-30(47)49-32(4,5)6)22-9-10-34-25(37-22)23-20-42(13-11-33-23)24(43)8-7-12-40-14-16-41(17-15-40)28-35-18-21(19-36-28)27(44)45/h9-10,18-19,23,26,33H,7-8,11-17,20H2,1-6H3,(H,38,46)(H,39,47)(H,44,45). The summed E-state index contributed by atoms with van der Waals surface area (Å²) in [5.74, 6) is -0.0882. The van der Waals surface area contributed by atoms with E-state index >= 15 is 0 Å². The Morgan fingerprint density at radius 3 is 2.12 bits per heavy atom. The molecule has 4 N–H and O–H groups in total. The topological polar surface area (TPSA) is 204 Å². The fraction of sp³-hybridized carbons (Fsp3) is 0.625. The molecule has 0 saturated carbocycles. The number of hydrogen-bond donors (Lipinski definition) is 4. The lowest BCUT2D eigenvalue weighted by molar-refractivity contribution is -0.132. The minimum absolute atomic E-state index is 0.0456. The molecule has 0 aliphatic carbocycles. The Morgan fingerprint density at radius 1 is 0.939 bits per heavy atom. The molecule has 2 aromatic rings. The first kappa shape index (κ1) is 37.2. The van der Waals surface area contributed by atoms with Gasteiger partial charge in [0.25, 0.3) is 0 Å². The number of nitrogens with one attached hydrogen (secondary N) is 3. The van der Waals surface area contributed by atoms with Crippen molar-refractivity contribution in [3.8, 4) is 0 Å². The fourth-order valence-corrected chi connectivity index (χ4v) is 5.28. The van der Waals surface area contributed by atoms with Crippen LogP contribution < -0.4 is 20.9 Å². The van der Waals surface area contributed by atoms with E-state index in [-0.39, 0.29) is 17.5 Å². The molecule has 2 aliphatic rings. The Labute approximate surface area is 286 Å². The molecule has 2 aromatic heterocycles. The van der Waals surface area contributed by atoms with Crippen molar-refractivity contribution in [2.45, 2.75) is 77.8 Å². The molecule has 0 bridgehead atoms. The van der Waals surface area contributed by atoms with Gasteiger partial charge in [-0.15, -0.1) is 0 Å². The zero-order valence-electron chi connectivity index (χ0n) is 29.1. The van der Waals surface area contributed by atoms with Gasteiger partial charge in [0, 0.05) is 70.8 Å². The molecule has 0 aromatic carbocycles. The second-order valence-electron chi connectivity index (χ2n) is 13.9. The number of alkyl carbamates (subject to hydrolysis) is 2. The van der Waals surface area contributed by atoms with Crippen molar-refractivity contribution in [3.63, 3.8) is 0 Å². The SMILES string of the molecule is CC(C)(C)OC(=O)NC(NC(=O)OC(C)(C)C)c1ccnc(C2CN(C(=O)CCCN3CCN(c4ncc(C(=O)O)cn4)CC3)CCN2)n1. The van der Waals surface area contributed by atoms with Crippen LogP contribution in [-0.4, -0.2) is 122 Å². The first-order valence-corrected chi connectivity index (χ1v) is 16.4. The van der Waals surface area contributed by atoms with E-state index in [1.54, 1.807) is 47.6 Å². The maximum atomic E-state index is 13.2. The normalized spacial score (nSPS) is 17.4. The molecular formula is C32H48N10O7. The molecule has 3 amide bonds. The average Bonchev–Trinajstić information content (AvgIpc) is 3.03. The summed E-state index contributed by atoms with van der Waals surface area (Å²) in [4.78, 5) is 73.2. The van der Waals surface area contributed by atoms with Crippen LogP contribution in [-0.2, 0) is 14.3 Å². The van der Waals surface area contributed by atoms with Crippen molar-refractivity contribution in [2.75, 3.05) is 57.3 Å². The summed E-state index contributed by atoms with van der Waals surface area (Å²) >= 11 is 0. The van der Waals surface area contributed by atoms with E-state index in [2.05, 4.69) is 40.8 Å². The van der Waals surface area contributed by atoms with Gasteiger partial charge in [0.15, 0.2) is 6.17 Å². The first-order valence-electron chi connectivity index (χ1n) is 16.4. The van der Waals surface area contributed by atoms with Crippen LogP contribution >= 0.6 is 0 Å². The summed E-state index contributed by atoms with van der Waals surface area (Å²) in [6, 6.07) is 1.22. The molecule has 2 aliphatic heterocycles. The highest BCUT2D eigenvalue weighted by Crippen LogP contribution is 2.19. The number of carboxylic acid groups (broad SMARTS) is 1. The molecule has 49 heavy (non-hydrogen) atoms. The van der Waals surface area contributed by atoms with Gasteiger partial charge in [0.05, 0.1) is 17.3 Å². The van der Waals surface area contributed by atoms with Gasteiger partial charge in [-0.3, -0.25) is 20.3 Å². The second kappa shape index (κ2) is 16.2. The number of carboxylic acids is 1. The smallest absolute Gasteiger partial charge is 0.409 e. The summed E-state index contributed by atoms with van der Waals surface area (Å²) in [5, 5.41) is 17.7. The van der Waals surface area contributed by atoms with Crippen molar-refractivity contribution < 1.29 is 33.8 Å². The van der Waals surface area contributed by atoms with E-state index in [0.29, 0.717) is 63.0 Å². The summed E-state index contributed by atoms with van der Waals surface area (Å²) in [6.07, 6.45) is 2.71. The van der Waals surface area contributed by atoms with Crippen LogP contribution in [0.15, 0.2) is 24.7 Å². The number of amides is 3. The van der Waals surface area contributed by atoms with Gasteiger partial charge in [0.2, 0.25) is 11.9 Å². The van der Waals surface area contributed by atoms with Crippen LogP contribution in [0.1, 0.15) is 88.5 Å². The lowest BCUT2D eigenvalue weighted by atomic mass is 10.1. The van der Waals surface area contributed by atoms with Gasteiger partial charge in [-0.05, 0) is 60.6 Å². The molecule has 17 nitrogen and oxygen atoms in total. The molecule has 0 spiro atoms. The van der Waals surface area contributed by atoms with Crippen LogP contribution in [0.3, 0.4) is 0 Å². The third-order valence-corrected chi connectivity index (χ3v) is 7.56.